The first-order valence-electron chi connectivity index (χ1n) is 7.21. The van der Waals surface area contributed by atoms with E-state index in [-0.39, 0.29) is 11.2 Å². The number of carbonyl (C=O) groups is 1. The van der Waals surface area contributed by atoms with Crippen molar-refractivity contribution in [2.75, 3.05) is 12.5 Å². The standard InChI is InChI=1S/C17H15ClN4O2/c1-10-6-7-14-13(8-10)15(20-17(18)19-14)21-22-16(23)11-4-3-5-12(9-11)24-2/h3-9H,1-2H3,(H,22,23)(H,19,20,21). The third-order valence-corrected chi connectivity index (χ3v) is 3.62. The van der Waals surface area contributed by atoms with Gasteiger partial charge in [-0.2, -0.15) is 4.98 Å². The number of hydrazine groups is 1. The molecule has 1 aromatic heterocycles. The number of ether oxygens (including phenoxy) is 1. The second kappa shape index (κ2) is 6.72. The Morgan fingerprint density at radius 3 is 2.79 bits per heavy atom. The maximum atomic E-state index is 12.3. The minimum atomic E-state index is -0.315. The molecular weight excluding hydrogens is 328 g/mol. The Morgan fingerprint density at radius 2 is 2.00 bits per heavy atom. The van der Waals surface area contributed by atoms with Crippen LogP contribution in [0.1, 0.15) is 15.9 Å². The molecule has 0 fully saturated rings. The molecule has 0 bridgehead atoms. The van der Waals surface area contributed by atoms with Crippen LogP contribution in [0.25, 0.3) is 10.9 Å². The van der Waals surface area contributed by atoms with Crippen molar-refractivity contribution in [2.24, 2.45) is 0 Å². The first-order chi connectivity index (χ1) is 11.6. The van der Waals surface area contributed by atoms with Gasteiger partial charge in [-0.3, -0.25) is 15.6 Å². The Bertz CT molecular complexity index is 914. The summed E-state index contributed by atoms with van der Waals surface area (Å²) >= 11 is 5.94. The second-order valence-corrected chi connectivity index (χ2v) is 5.51. The van der Waals surface area contributed by atoms with Gasteiger partial charge >= 0.3 is 0 Å². The molecule has 6 nitrogen and oxygen atoms in total. The molecule has 0 aliphatic rings. The molecule has 1 amide bonds. The van der Waals surface area contributed by atoms with E-state index in [0.717, 1.165) is 10.9 Å². The highest BCUT2D eigenvalue weighted by molar-refractivity contribution is 6.28. The molecule has 0 unspecified atom stereocenters. The molecule has 1 heterocycles. The number of amides is 1. The summed E-state index contributed by atoms with van der Waals surface area (Å²) in [5, 5.41) is 0.870. The molecule has 0 radical (unpaired) electrons. The van der Waals surface area contributed by atoms with E-state index in [0.29, 0.717) is 22.6 Å². The monoisotopic (exact) mass is 342 g/mol. The molecule has 0 saturated carbocycles. The summed E-state index contributed by atoms with van der Waals surface area (Å²) in [6.07, 6.45) is 0. The van der Waals surface area contributed by atoms with Crippen molar-refractivity contribution in [2.45, 2.75) is 6.92 Å². The minimum absolute atomic E-state index is 0.101. The van der Waals surface area contributed by atoms with Crippen LogP contribution in [0.4, 0.5) is 5.82 Å². The fourth-order valence-corrected chi connectivity index (χ4v) is 2.44. The first kappa shape index (κ1) is 16.0. The van der Waals surface area contributed by atoms with Crippen LogP contribution in [0.2, 0.25) is 5.28 Å². The molecule has 3 rings (SSSR count). The largest absolute Gasteiger partial charge is 0.497 e. The van der Waals surface area contributed by atoms with Crippen molar-refractivity contribution in [1.82, 2.24) is 15.4 Å². The van der Waals surface area contributed by atoms with Crippen LogP contribution in [0, 0.1) is 6.92 Å². The SMILES string of the molecule is COc1cccc(C(=O)NNc2nc(Cl)nc3ccc(C)cc23)c1. The number of rotatable bonds is 4. The Labute approximate surface area is 143 Å². The zero-order valence-corrected chi connectivity index (χ0v) is 13.9. The highest BCUT2D eigenvalue weighted by Crippen LogP contribution is 2.22. The van der Waals surface area contributed by atoms with E-state index >= 15 is 0 Å². The first-order valence-corrected chi connectivity index (χ1v) is 7.59. The topological polar surface area (TPSA) is 76.1 Å². The van der Waals surface area contributed by atoms with Gasteiger partial charge in [0.15, 0.2) is 5.82 Å². The number of nitrogens with one attached hydrogen (secondary N) is 2. The van der Waals surface area contributed by atoms with Crippen LogP contribution in [0.15, 0.2) is 42.5 Å². The third-order valence-electron chi connectivity index (χ3n) is 3.45. The van der Waals surface area contributed by atoms with Crippen molar-refractivity contribution in [1.29, 1.82) is 0 Å². The number of aryl methyl sites for hydroxylation is 1. The van der Waals surface area contributed by atoms with Crippen LogP contribution in [-0.4, -0.2) is 23.0 Å². The van der Waals surface area contributed by atoms with Crippen LogP contribution < -0.4 is 15.6 Å². The number of nitrogens with zero attached hydrogens (tertiary/aromatic N) is 2. The molecule has 0 saturated heterocycles. The minimum Gasteiger partial charge on any atom is -0.497 e. The van der Waals surface area contributed by atoms with E-state index in [1.54, 1.807) is 31.4 Å². The molecule has 3 aromatic rings. The quantitative estimate of drug-likeness (QED) is 0.561. The Hall–Kier alpha value is -2.86. The van der Waals surface area contributed by atoms with E-state index in [9.17, 15) is 4.79 Å². The van der Waals surface area contributed by atoms with Crippen molar-refractivity contribution in [3.05, 3.63) is 58.9 Å². The zero-order chi connectivity index (χ0) is 17.1. The van der Waals surface area contributed by atoms with Crippen LogP contribution >= 0.6 is 11.6 Å². The van der Waals surface area contributed by atoms with E-state index in [1.165, 1.54) is 0 Å². The van der Waals surface area contributed by atoms with Gasteiger partial charge < -0.3 is 4.74 Å². The van der Waals surface area contributed by atoms with Gasteiger partial charge in [0.1, 0.15) is 5.75 Å². The highest BCUT2D eigenvalue weighted by atomic mass is 35.5. The lowest BCUT2D eigenvalue weighted by atomic mass is 10.1. The summed E-state index contributed by atoms with van der Waals surface area (Å²) in [7, 11) is 1.55. The van der Waals surface area contributed by atoms with E-state index in [4.69, 9.17) is 16.3 Å². The predicted molar refractivity (Wildman–Crippen MR) is 93.4 cm³/mol. The lowest BCUT2D eigenvalue weighted by Gasteiger charge is -2.11. The average molecular weight is 343 g/mol. The molecular formula is C17H15ClN4O2. The number of carbonyl (C=O) groups excluding carboxylic acids is 1. The second-order valence-electron chi connectivity index (χ2n) is 5.17. The summed E-state index contributed by atoms with van der Waals surface area (Å²) in [4.78, 5) is 20.6. The number of hydrogen-bond acceptors (Lipinski definition) is 5. The maximum Gasteiger partial charge on any atom is 0.269 e. The van der Waals surface area contributed by atoms with Crippen molar-refractivity contribution in [3.63, 3.8) is 0 Å². The lowest BCUT2D eigenvalue weighted by molar-refractivity contribution is 0.0962. The van der Waals surface area contributed by atoms with Crippen LogP contribution in [-0.2, 0) is 0 Å². The molecule has 122 valence electrons. The molecule has 0 spiro atoms. The smallest absolute Gasteiger partial charge is 0.269 e. The van der Waals surface area contributed by atoms with Gasteiger partial charge in [-0.05, 0) is 48.9 Å². The van der Waals surface area contributed by atoms with Crippen molar-refractivity contribution in [3.8, 4) is 5.75 Å². The predicted octanol–water partition coefficient (Wildman–Crippen LogP) is 3.36. The highest BCUT2D eigenvalue weighted by Gasteiger charge is 2.10. The van der Waals surface area contributed by atoms with Crippen molar-refractivity contribution >= 4 is 34.2 Å². The number of benzene rings is 2. The van der Waals surface area contributed by atoms with Gasteiger partial charge in [-0.1, -0.05) is 17.7 Å². The van der Waals surface area contributed by atoms with Crippen LogP contribution in [0.5, 0.6) is 5.75 Å². The zero-order valence-electron chi connectivity index (χ0n) is 13.1. The number of halogens is 1. The van der Waals surface area contributed by atoms with E-state index < -0.39 is 0 Å². The molecule has 0 aliphatic carbocycles. The van der Waals surface area contributed by atoms with Gasteiger partial charge in [-0.15, -0.1) is 0 Å². The van der Waals surface area contributed by atoms with Gasteiger partial charge in [0.25, 0.3) is 5.91 Å². The summed E-state index contributed by atoms with van der Waals surface area (Å²) < 4.78 is 5.12. The average Bonchev–Trinajstić information content (AvgIpc) is 2.59. The number of aromatic nitrogens is 2. The molecule has 0 aliphatic heterocycles. The number of anilines is 1. The summed E-state index contributed by atoms with van der Waals surface area (Å²) in [6.45, 7) is 1.96. The van der Waals surface area contributed by atoms with Gasteiger partial charge in [-0.25, -0.2) is 4.98 Å². The summed E-state index contributed by atoms with van der Waals surface area (Å²) in [5.74, 6) is 0.725. The molecule has 7 heteroatoms. The van der Waals surface area contributed by atoms with E-state index in [1.807, 2.05) is 25.1 Å². The maximum absolute atomic E-state index is 12.3. The summed E-state index contributed by atoms with van der Waals surface area (Å²) in [5.41, 5.74) is 7.63. The Morgan fingerprint density at radius 1 is 1.17 bits per heavy atom. The fraction of sp³-hybridized carbons (Fsp3) is 0.118. The number of fused-ring (bicyclic) bond motifs is 1. The molecule has 24 heavy (non-hydrogen) atoms. The third kappa shape index (κ3) is 3.38. The van der Waals surface area contributed by atoms with Crippen molar-refractivity contribution < 1.29 is 9.53 Å². The fourth-order valence-electron chi connectivity index (χ4n) is 2.26. The number of hydrogen-bond donors (Lipinski definition) is 2. The van der Waals surface area contributed by atoms with E-state index in [2.05, 4.69) is 20.8 Å². The van der Waals surface area contributed by atoms with Gasteiger partial charge in [0.2, 0.25) is 5.28 Å². The lowest BCUT2D eigenvalue weighted by Crippen LogP contribution is -2.30. The van der Waals surface area contributed by atoms with Gasteiger partial charge in [0.05, 0.1) is 12.6 Å². The van der Waals surface area contributed by atoms with Crippen LogP contribution in [0.3, 0.4) is 0 Å². The normalized spacial score (nSPS) is 10.5. The molecule has 2 N–H and O–H groups in total. The summed E-state index contributed by atoms with van der Waals surface area (Å²) in [6, 6.07) is 12.6. The molecule has 0 atom stereocenters. The number of methoxy groups -OCH3 is 1. The Kier molecular flexibility index (Phi) is 4.48. The Balaban J connectivity index is 1.84. The van der Waals surface area contributed by atoms with Gasteiger partial charge in [0, 0.05) is 10.9 Å². The molecule has 2 aromatic carbocycles.